The first-order chi connectivity index (χ1) is 11.7. The van der Waals surface area contributed by atoms with E-state index < -0.39 is 15.9 Å². The number of ether oxygens (including phenoxy) is 1. The zero-order valence-corrected chi connectivity index (χ0v) is 15.5. The number of hydrogen-bond acceptors (Lipinski definition) is 4. The van der Waals surface area contributed by atoms with E-state index in [2.05, 4.69) is 10.3 Å². The number of amides is 1. The lowest BCUT2D eigenvalue weighted by atomic mass is 10.1. The van der Waals surface area contributed by atoms with Gasteiger partial charge in [0, 0.05) is 0 Å². The minimum absolute atomic E-state index is 0.128. The van der Waals surface area contributed by atoms with Crippen molar-refractivity contribution in [3.8, 4) is 5.75 Å². The molecule has 25 heavy (non-hydrogen) atoms. The van der Waals surface area contributed by atoms with Crippen molar-refractivity contribution in [2.75, 3.05) is 6.61 Å². The van der Waals surface area contributed by atoms with Crippen molar-refractivity contribution in [3.05, 3.63) is 58.7 Å². The first kappa shape index (κ1) is 19.0. The number of sulfonamides is 1. The molecule has 0 aromatic heterocycles. The lowest BCUT2D eigenvalue weighted by molar-refractivity contribution is -0.123. The van der Waals surface area contributed by atoms with E-state index in [-0.39, 0.29) is 11.5 Å². The number of hydrogen-bond donors (Lipinski definition) is 2. The summed E-state index contributed by atoms with van der Waals surface area (Å²) in [6, 6.07) is 10.6. The standard InChI is InChI=1S/C18H22N2O4S/c1-12-5-6-14(3)17(9-12)25(22,23)20-19-18(21)11-24-16-8-7-13(2)15(4)10-16/h5-10,20H,11H2,1-4H3,(H,19,21). The fourth-order valence-corrected chi connectivity index (χ4v) is 3.36. The van der Waals surface area contributed by atoms with Gasteiger partial charge in [-0.1, -0.05) is 18.2 Å². The molecule has 0 bridgehead atoms. The topological polar surface area (TPSA) is 84.5 Å². The van der Waals surface area contributed by atoms with Gasteiger partial charge in [-0.15, -0.1) is 4.83 Å². The lowest BCUT2D eigenvalue weighted by Crippen LogP contribution is -2.43. The van der Waals surface area contributed by atoms with Gasteiger partial charge in [0.15, 0.2) is 6.61 Å². The second-order valence-corrected chi connectivity index (χ2v) is 7.61. The van der Waals surface area contributed by atoms with Crippen molar-refractivity contribution in [1.29, 1.82) is 0 Å². The highest BCUT2D eigenvalue weighted by Crippen LogP contribution is 2.17. The van der Waals surface area contributed by atoms with Crippen molar-refractivity contribution >= 4 is 15.9 Å². The summed E-state index contributed by atoms with van der Waals surface area (Å²) in [6.45, 7) is 7.12. The van der Waals surface area contributed by atoms with Gasteiger partial charge in [-0.3, -0.25) is 10.2 Å². The molecule has 0 saturated carbocycles. The third-order valence-corrected chi connectivity index (χ3v) is 5.20. The van der Waals surface area contributed by atoms with E-state index in [9.17, 15) is 13.2 Å². The van der Waals surface area contributed by atoms with Gasteiger partial charge in [-0.05, 0) is 68.1 Å². The molecule has 6 nitrogen and oxygen atoms in total. The summed E-state index contributed by atoms with van der Waals surface area (Å²) in [6.07, 6.45) is 0. The molecular weight excluding hydrogens is 340 g/mol. The fraction of sp³-hybridized carbons (Fsp3) is 0.278. The predicted octanol–water partition coefficient (Wildman–Crippen LogP) is 2.31. The number of carbonyl (C=O) groups excluding carboxylic acids is 1. The summed E-state index contributed by atoms with van der Waals surface area (Å²) in [5.41, 5.74) is 5.75. The quantitative estimate of drug-likeness (QED) is 0.773. The van der Waals surface area contributed by atoms with Crippen molar-refractivity contribution in [3.63, 3.8) is 0 Å². The van der Waals surface area contributed by atoms with E-state index in [1.165, 1.54) is 0 Å². The van der Waals surface area contributed by atoms with Crippen LogP contribution in [0.1, 0.15) is 22.3 Å². The van der Waals surface area contributed by atoms with Crippen LogP contribution < -0.4 is 15.0 Å². The third-order valence-electron chi connectivity index (χ3n) is 3.81. The van der Waals surface area contributed by atoms with Gasteiger partial charge >= 0.3 is 0 Å². The lowest BCUT2D eigenvalue weighted by Gasteiger charge is -2.12. The van der Waals surface area contributed by atoms with Gasteiger partial charge in [0.25, 0.3) is 15.9 Å². The molecule has 0 aliphatic heterocycles. The minimum atomic E-state index is -3.84. The molecule has 7 heteroatoms. The van der Waals surface area contributed by atoms with E-state index in [0.717, 1.165) is 16.7 Å². The van der Waals surface area contributed by atoms with Gasteiger partial charge in [-0.25, -0.2) is 8.42 Å². The molecule has 0 fully saturated rings. The summed E-state index contributed by atoms with van der Waals surface area (Å²) in [5.74, 6) is -0.0391. The van der Waals surface area contributed by atoms with Gasteiger partial charge < -0.3 is 4.74 Å². The Morgan fingerprint density at radius 2 is 1.64 bits per heavy atom. The summed E-state index contributed by atoms with van der Waals surface area (Å²) in [4.78, 5) is 14.1. The Hall–Kier alpha value is -2.38. The monoisotopic (exact) mass is 362 g/mol. The SMILES string of the molecule is Cc1ccc(C)c(S(=O)(=O)NNC(=O)COc2ccc(C)c(C)c2)c1. The van der Waals surface area contributed by atoms with Crippen LogP contribution in [0.25, 0.3) is 0 Å². The summed E-state index contributed by atoms with van der Waals surface area (Å²) >= 11 is 0. The average Bonchev–Trinajstić information content (AvgIpc) is 2.56. The van der Waals surface area contributed by atoms with E-state index in [1.807, 2.05) is 32.0 Å². The molecule has 0 aliphatic rings. The minimum Gasteiger partial charge on any atom is -0.484 e. The molecule has 0 heterocycles. The van der Waals surface area contributed by atoms with Crippen LogP contribution in [-0.2, 0) is 14.8 Å². The highest BCUT2D eigenvalue weighted by atomic mass is 32.2. The van der Waals surface area contributed by atoms with Crippen LogP contribution >= 0.6 is 0 Å². The smallest absolute Gasteiger partial charge is 0.272 e. The van der Waals surface area contributed by atoms with Crippen molar-refractivity contribution < 1.29 is 17.9 Å². The van der Waals surface area contributed by atoms with Crippen molar-refractivity contribution in [2.45, 2.75) is 32.6 Å². The van der Waals surface area contributed by atoms with Crippen LogP contribution in [0, 0.1) is 27.7 Å². The molecule has 2 N–H and O–H groups in total. The Morgan fingerprint density at radius 3 is 2.32 bits per heavy atom. The Morgan fingerprint density at radius 1 is 0.960 bits per heavy atom. The maximum absolute atomic E-state index is 12.3. The Bertz CT molecular complexity index is 892. The molecule has 0 saturated heterocycles. The number of nitrogens with one attached hydrogen (secondary N) is 2. The van der Waals surface area contributed by atoms with E-state index >= 15 is 0 Å². The third kappa shape index (κ3) is 5.04. The largest absolute Gasteiger partial charge is 0.484 e. The Labute approximate surface area is 148 Å². The van der Waals surface area contributed by atoms with Crippen molar-refractivity contribution in [2.24, 2.45) is 0 Å². The second-order valence-electron chi connectivity index (χ2n) is 5.96. The molecular formula is C18H22N2O4S. The molecule has 0 radical (unpaired) electrons. The number of carbonyl (C=O) groups is 1. The van der Waals surface area contributed by atoms with Crippen LogP contribution in [0.15, 0.2) is 41.3 Å². The fourth-order valence-electron chi connectivity index (χ4n) is 2.16. The Balaban J connectivity index is 1.94. The first-order valence-electron chi connectivity index (χ1n) is 7.77. The molecule has 0 unspecified atom stereocenters. The van der Waals surface area contributed by atoms with Crippen LogP contribution in [0.4, 0.5) is 0 Å². The zero-order valence-electron chi connectivity index (χ0n) is 14.7. The van der Waals surface area contributed by atoms with Gasteiger partial charge in [0.05, 0.1) is 4.90 Å². The molecule has 0 aliphatic carbocycles. The number of hydrazine groups is 1. The van der Waals surface area contributed by atoms with Crippen LogP contribution in [-0.4, -0.2) is 20.9 Å². The highest BCUT2D eigenvalue weighted by Gasteiger charge is 2.18. The summed E-state index contributed by atoms with van der Waals surface area (Å²) in [5, 5.41) is 0. The van der Waals surface area contributed by atoms with E-state index in [4.69, 9.17) is 4.74 Å². The van der Waals surface area contributed by atoms with Crippen LogP contribution in [0.3, 0.4) is 0 Å². The summed E-state index contributed by atoms with van der Waals surface area (Å²) in [7, 11) is -3.84. The zero-order chi connectivity index (χ0) is 18.6. The molecule has 2 rings (SSSR count). The first-order valence-corrected chi connectivity index (χ1v) is 9.25. The molecule has 0 spiro atoms. The highest BCUT2D eigenvalue weighted by molar-refractivity contribution is 7.89. The van der Waals surface area contributed by atoms with Crippen LogP contribution in [0.2, 0.25) is 0 Å². The van der Waals surface area contributed by atoms with Crippen molar-refractivity contribution in [1.82, 2.24) is 10.3 Å². The second kappa shape index (κ2) is 7.67. The van der Waals surface area contributed by atoms with E-state index in [0.29, 0.717) is 11.3 Å². The van der Waals surface area contributed by atoms with Gasteiger partial charge in [0.1, 0.15) is 5.75 Å². The average molecular weight is 362 g/mol. The maximum Gasteiger partial charge on any atom is 0.272 e. The van der Waals surface area contributed by atoms with E-state index in [1.54, 1.807) is 32.0 Å². The molecule has 1 amide bonds. The summed E-state index contributed by atoms with van der Waals surface area (Å²) < 4.78 is 30.0. The predicted molar refractivity (Wildman–Crippen MR) is 95.8 cm³/mol. The molecule has 2 aromatic carbocycles. The molecule has 134 valence electrons. The molecule has 2 aromatic rings. The number of rotatable bonds is 6. The van der Waals surface area contributed by atoms with Gasteiger partial charge in [0.2, 0.25) is 0 Å². The Kier molecular flexibility index (Phi) is 5.81. The molecule has 0 atom stereocenters. The maximum atomic E-state index is 12.3. The number of aryl methyl sites for hydroxylation is 4. The van der Waals surface area contributed by atoms with Gasteiger partial charge in [-0.2, -0.15) is 0 Å². The number of benzene rings is 2. The normalized spacial score (nSPS) is 11.2. The van der Waals surface area contributed by atoms with Crippen LogP contribution in [0.5, 0.6) is 5.75 Å².